The molecule has 0 aliphatic heterocycles. The highest BCUT2D eigenvalue weighted by Gasteiger charge is 2.11. The number of allylic oxidation sites excluding steroid dienone is 1. The molecule has 0 saturated carbocycles. The summed E-state index contributed by atoms with van der Waals surface area (Å²) in [5, 5.41) is 3.02. The van der Waals surface area contributed by atoms with E-state index in [1.54, 1.807) is 0 Å². The van der Waals surface area contributed by atoms with Crippen molar-refractivity contribution in [2.24, 2.45) is 11.7 Å². The first-order chi connectivity index (χ1) is 8.24. The lowest BCUT2D eigenvalue weighted by Crippen LogP contribution is -2.30. The molecule has 0 aromatic rings. The van der Waals surface area contributed by atoms with Gasteiger partial charge in [-0.25, -0.2) is 0 Å². The number of amides is 1. The largest absolute Gasteiger partial charge is 0.356 e. The fourth-order valence-corrected chi connectivity index (χ4v) is 2.21. The second-order valence-corrected chi connectivity index (χ2v) is 4.98. The van der Waals surface area contributed by atoms with Crippen LogP contribution in [0.15, 0.2) is 11.6 Å². The molecule has 3 nitrogen and oxygen atoms in total. The van der Waals surface area contributed by atoms with Gasteiger partial charge in [0.1, 0.15) is 0 Å². The van der Waals surface area contributed by atoms with Crippen LogP contribution < -0.4 is 11.1 Å². The molecule has 17 heavy (non-hydrogen) atoms. The van der Waals surface area contributed by atoms with Crippen LogP contribution in [0.2, 0.25) is 0 Å². The normalized spacial score (nSPS) is 17.4. The van der Waals surface area contributed by atoms with Crippen LogP contribution in [-0.2, 0) is 4.79 Å². The first-order valence-electron chi connectivity index (χ1n) is 6.89. The fraction of sp³-hybridized carbons (Fsp3) is 0.786. The molecular weight excluding hydrogens is 212 g/mol. The molecule has 0 spiro atoms. The number of carbonyl (C=O) groups excluding carboxylic acids is 1. The topological polar surface area (TPSA) is 55.1 Å². The summed E-state index contributed by atoms with van der Waals surface area (Å²) in [6.45, 7) is 3.44. The van der Waals surface area contributed by atoms with Gasteiger partial charge in [-0.2, -0.15) is 0 Å². The standard InChI is InChI=1S/C14H26N2O/c1-12(6-5-10-15)14(17)16-11-9-13-7-3-2-4-8-13/h7,12H,2-6,8-11,15H2,1H3,(H,16,17). The molecule has 1 amide bonds. The van der Waals surface area contributed by atoms with Gasteiger partial charge in [0.05, 0.1) is 0 Å². The van der Waals surface area contributed by atoms with Gasteiger partial charge in [-0.15, -0.1) is 0 Å². The summed E-state index contributed by atoms with van der Waals surface area (Å²) < 4.78 is 0. The molecule has 0 aromatic carbocycles. The van der Waals surface area contributed by atoms with Gasteiger partial charge in [0.15, 0.2) is 0 Å². The maximum absolute atomic E-state index is 11.7. The molecule has 0 saturated heterocycles. The van der Waals surface area contributed by atoms with Crippen molar-refractivity contribution in [3.63, 3.8) is 0 Å². The molecule has 0 heterocycles. The SMILES string of the molecule is CC(CCCN)C(=O)NCCC1=CCCCC1. The molecule has 0 bridgehead atoms. The highest BCUT2D eigenvalue weighted by Crippen LogP contribution is 2.19. The molecule has 1 aliphatic carbocycles. The van der Waals surface area contributed by atoms with E-state index in [-0.39, 0.29) is 11.8 Å². The molecule has 0 radical (unpaired) electrons. The Kier molecular flexibility index (Phi) is 6.94. The summed E-state index contributed by atoms with van der Waals surface area (Å²) in [7, 11) is 0. The second kappa shape index (κ2) is 8.29. The second-order valence-electron chi connectivity index (χ2n) is 4.98. The maximum Gasteiger partial charge on any atom is 0.222 e. The monoisotopic (exact) mass is 238 g/mol. The van der Waals surface area contributed by atoms with Crippen LogP contribution in [0.5, 0.6) is 0 Å². The van der Waals surface area contributed by atoms with Crippen molar-refractivity contribution in [2.45, 2.75) is 51.9 Å². The van der Waals surface area contributed by atoms with Crippen molar-refractivity contribution in [3.8, 4) is 0 Å². The summed E-state index contributed by atoms with van der Waals surface area (Å²) in [5.41, 5.74) is 6.96. The van der Waals surface area contributed by atoms with Crippen molar-refractivity contribution in [1.82, 2.24) is 5.32 Å². The van der Waals surface area contributed by atoms with Crippen LogP contribution in [0, 0.1) is 5.92 Å². The Bertz CT molecular complexity index is 261. The molecular formula is C14H26N2O. The number of hydrogen-bond acceptors (Lipinski definition) is 2. The summed E-state index contributed by atoms with van der Waals surface area (Å²) in [5.74, 6) is 0.272. The third-order valence-corrected chi connectivity index (χ3v) is 3.42. The molecule has 3 heteroatoms. The summed E-state index contributed by atoms with van der Waals surface area (Å²) in [6, 6.07) is 0. The summed E-state index contributed by atoms with van der Waals surface area (Å²) in [4.78, 5) is 11.7. The lowest BCUT2D eigenvalue weighted by atomic mass is 9.97. The number of rotatable bonds is 7. The highest BCUT2D eigenvalue weighted by molar-refractivity contribution is 5.78. The average molecular weight is 238 g/mol. The Morgan fingerprint density at radius 2 is 2.35 bits per heavy atom. The van der Waals surface area contributed by atoms with Crippen LogP contribution in [0.4, 0.5) is 0 Å². The van der Waals surface area contributed by atoms with Gasteiger partial charge in [0, 0.05) is 12.5 Å². The number of carbonyl (C=O) groups is 1. The Morgan fingerprint density at radius 3 is 3.00 bits per heavy atom. The minimum atomic E-state index is 0.0962. The molecule has 3 N–H and O–H groups in total. The minimum Gasteiger partial charge on any atom is -0.356 e. The van der Waals surface area contributed by atoms with E-state index in [0.717, 1.165) is 25.8 Å². The Labute approximate surface area is 105 Å². The van der Waals surface area contributed by atoms with Gasteiger partial charge in [-0.05, 0) is 51.5 Å². The van der Waals surface area contributed by atoms with Gasteiger partial charge in [-0.3, -0.25) is 4.79 Å². The first-order valence-corrected chi connectivity index (χ1v) is 6.89. The van der Waals surface area contributed by atoms with Crippen molar-refractivity contribution < 1.29 is 4.79 Å². The Balaban J connectivity index is 2.12. The smallest absolute Gasteiger partial charge is 0.222 e. The van der Waals surface area contributed by atoms with Crippen LogP contribution in [0.1, 0.15) is 51.9 Å². The predicted octanol–water partition coefficient (Wildman–Crippen LogP) is 2.37. The molecule has 0 fully saturated rings. The van der Waals surface area contributed by atoms with Crippen molar-refractivity contribution in [2.75, 3.05) is 13.1 Å². The average Bonchev–Trinajstić information content (AvgIpc) is 2.37. The lowest BCUT2D eigenvalue weighted by Gasteiger charge is -2.14. The number of hydrogen-bond donors (Lipinski definition) is 2. The van der Waals surface area contributed by atoms with Crippen molar-refractivity contribution in [3.05, 3.63) is 11.6 Å². The van der Waals surface area contributed by atoms with Gasteiger partial charge in [0.2, 0.25) is 5.91 Å². The predicted molar refractivity (Wildman–Crippen MR) is 71.6 cm³/mol. The van der Waals surface area contributed by atoms with Gasteiger partial charge < -0.3 is 11.1 Å². The van der Waals surface area contributed by atoms with Gasteiger partial charge in [0.25, 0.3) is 0 Å². The van der Waals surface area contributed by atoms with Gasteiger partial charge in [-0.1, -0.05) is 18.6 Å². The maximum atomic E-state index is 11.7. The molecule has 98 valence electrons. The summed E-state index contributed by atoms with van der Waals surface area (Å²) in [6.07, 6.45) is 10.3. The van der Waals surface area contributed by atoms with E-state index in [1.165, 1.54) is 31.3 Å². The number of nitrogens with two attached hydrogens (primary N) is 1. The quantitative estimate of drug-likeness (QED) is 0.669. The third-order valence-electron chi connectivity index (χ3n) is 3.42. The zero-order valence-corrected chi connectivity index (χ0v) is 11.0. The zero-order valence-electron chi connectivity index (χ0n) is 11.0. The Morgan fingerprint density at radius 1 is 1.53 bits per heavy atom. The van der Waals surface area contributed by atoms with E-state index in [4.69, 9.17) is 5.73 Å². The van der Waals surface area contributed by atoms with E-state index in [2.05, 4.69) is 11.4 Å². The van der Waals surface area contributed by atoms with Gasteiger partial charge >= 0.3 is 0 Å². The molecule has 1 atom stereocenters. The van der Waals surface area contributed by atoms with Crippen molar-refractivity contribution >= 4 is 5.91 Å². The van der Waals surface area contributed by atoms with Crippen LogP contribution in [0.3, 0.4) is 0 Å². The van der Waals surface area contributed by atoms with Crippen LogP contribution >= 0.6 is 0 Å². The fourth-order valence-electron chi connectivity index (χ4n) is 2.21. The van der Waals surface area contributed by atoms with E-state index in [0.29, 0.717) is 6.54 Å². The molecule has 1 unspecified atom stereocenters. The molecule has 1 rings (SSSR count). The van der Waals surface area contributed by atoms with Crippen molar-refractivity contribution in [1.29, 1.82) is 0 Å². The summed E-state index contributed by atoms with van der Waals surface area (Å²) >= 11 is 0. The van der Waals surface area contributed by atoms with E-state index >= 15 is 0 Å². The van der Waals surface area contributed by atoms with Crippen LogP contribution in [-0.4, -0.2) is 19.0 Å². The minimum absolute atomic E-state index is 0.0962. The molecule has 1 aliphatic rings. The number of nitrogens with one attached hydrogen (secondary N) is 1. The Hall–Kier alpha value is -0.830. The zero-order chi connectivity index (χ0) is 12.5. The highest BCUT2D eigenvalue weighted by atomic mass is 16.1. The first kappa shape index (κ1) is 14.2. The third kappa shape index (κ3) is 5.87. The molecule has 0 aromatic heterocycles. The lowest BCUT2D eigenvalue weighted by molar-refractivity contribution is -0.124. The van der Waals surface area contributed by atoms with E-state index in [1.807, 2.05) is 6.92 Å². The van der Waals surface area contributed by atoms with E-state index in [9.17, 15) is 4.79 Å². The van der Waals surface area contributed by atoms with E-state index < -0.39 is 0 Å². The van der Waals surface area contributed by atoms with Crippen LogP contribution in [0.25, 0.3) is 0 Å².